The van der Waals surface area contributed by atoms with Crippen LogP contribution >= 0.6 is 0 Å². The molecule has 2 N–H and O–H groups in total. The van der Waals surface area contributed by atoms with Gasteiger partial charge in [0.15, 0.2) is 5.96 Å². The number of nitrogens with zero attached hydrogens (tertiary/aromatic N) is 4. The highest BCUT2D eigenvalue weighted by molar-refractivity contribution is 6.16. The molecule has 0 radical (unpaired) electrons. The van der Waals surface area contributed by atoms with Crippen LogP contribution in [-0.2, 0) is 17.4 Å². The van der Waals surface area contributed by atoms with Gasteiger partial charge in [-0.3, -0.25) is 14.7 Å². The number of fused-ring (bicyclic) bond motifs is 1. The van der Waals surface area contributed by atoms with E-state index < -0.39 is 5.54 Å². The van der Waals surface area contributed by atoms with Crippen LogP contribution < -0.4 is 5.73 Å². The molecule has 1 aromatic heterocycles. The maximum atomic E-state index is 12.3. The highest BCUT2D eigenvalue weighted by atomic mass is 16.2. The van der Waals surface area contributed by atoms with E-state index in [4.69, 9.17) is 5.73 Å². The van der Waals surface area contributed by atoms with Crippen LogP contribution in [0, 0.1) is 0 Å². The molecule has 0 bridgehead atoms. The third-order valence-corrected chi connectivity index (χ3v) is 5.14. The lowest BCUT2D eigenvalue weighted by Gasteiger charge is -2.33. The summed E-state index contributed by atoms with van der Waals surface area (Å²) in [5.41, 5.74) is 9.73. The summed E-state index contributed by atoms with van der Waals surface area (Å²) in [5.74, 6) is 0.242. The van der Waals surface area contributed by atoms with Crippen molar-refractivity contribution in [2.45, 2.75) is 18.9 Å². The average Bonchev–Trinajstić information content (AvgIpc) is 3.20. The van der Waals surface area contributed by atoms with Crippen LogP contribution in [0.15, 0.2) is 40.5 Å². The Morgan fingerprint density at radius 2 is 2.08 bits per heavy atom. The van der Waals surface area contributed by atoms with Gasteiger partial charge in [0.1, 0.15) is 0 Å². The van der Waals surface area contributed by atoms with Crippen LogP contribution in [0.2, 0.25) is 0 Å². The topological polar surface area (TPSA) is 76.0 Å². The van der Waals surface area contributed by atoms with Crippen LogP contribution in [0.1, 0.15) is 24.5 Å². The third kappa shape index (κ3) is 2.36. The highest BCUT2D eigenvalue weighted by Crippen LogP contribution is 2.36. The van der Waals surface area contributed by atoms with Crippen molar-refractivity contribution < 1.29 is 4.79 Å². The molecule has 1 amide bonds. The quantitative estimate of drug-likeness (QED) is 0.912. The minimum absolute atomic E-state index is 0.0194. The number of nitrogens with two attached hydrogens (primary N) is 1. The molecule has 1 atom stereocenters. The van der Waals surface area contributed by atoms with Crippen molar-refractivity contribution in [3.8, 4) is 0 Å². The lowest BCUT2D eigenvalue weighted by atomic mass is 9.86. The minimum Gasteiger partial charge on any atom is -0.369 e. The lowest BCUT2D eigenvalue weighted by molar-refractivity contribution is -0.128. The Morgan fingerprint density at radius 3 is 2.76 bits per heavy atom. The van der Waals surface area contributed by atoms with Gasteiger partial charge < -0.3 is 10.3 Å². The van der Waals surface area contributed by atoms with Gasteiger partial charge in [-0.1, -0.05) is 12.1 Å². The molecule has 6 heteroatoms. The first-order valence-corrected chi connectivity index (χ1v) is 8.31. The maximum absolute atomic E-state index is 12.3. The Morgan fingerprint density at radius 1 is 1.28 bits per heavy atom. The van der Waals surface area contributed by atoms with Gasteiger partial charge in [-0.15, -0.1) is 0 Å². The number of aryl methyl sites for hydroxylation is 1. The van der Waals surface area contributed by atoms with Gasteiger partial charge in [-0.05, 0) is 30.2 Å². The van der Waals surface area contributed by atoms with E-state index in [1.807, 2.05) is 26.3 Å². The summed E-state index contributed by atoms with van der Waals surface area (Å²) in [6.45, 7) is 2.69. The molecule has 2 aliphatic rings. The molecule has 0 aliphatic carbocycles. The second kappa shape index (κ2) is 5.31. The van der Waals surface area contributed by atoms with Crippen LogP contribution in [0.3, 0.4) is 0 Å². The fourth-order valence-electron chi connectivity index (χ4n) is 3.57. The number of carbonyl (C=O) groups is 1. The summed E-state index contributed by atoms with van der Waals surface area (Å²) in [4.78, 5) is 22.6. The molecule has 3 heterocycles. The Balaban J connectivity index is 1.88. The Kier molecular flexibility index (Phi) is 3.32. The van der Waals surface area contributed by atoms with Crippen molar-refractivity contribution in [1.82, 2.24) is 9.47 Å². The van der Waals surface area contributed by atoms with Crippen molar-refractivity contribution in [2.75, 3.05) is 13.6 Å². The summed E-state index contributed by atoms with van der Waals surface area (Å²) in [6, 6.07) is 6.26. The second-order valence-corrected chi connectivity index (χ2v) is 6.91. The Labute approximate surface area is 146 Å². The van der Waals surface area contributed by atoms with Gasteiger partial charge in [-0.25, -0.2) is 4.99 Å². The number of guanidine groups is 1. The first-order valence-electron chi connectivity index (χ1n) is 8.31. The molecule has 25 heavy (non-hydrogen) atoms. The molecule has 0 fully saturated rings. The number of amides is 1. The molecule has 0 spiro atoms. The van der Waals surface area contributed by atoms with E-state index >= 15 is 0 Å². The zero-order valence-corrected chi connectivity index (χ0v) is 14.7. The molecule has 1 aromatic carbocycles. The summed E-state index contributed by atoms with van der Waals surface area (Å²) < 4.78 is 2.11. The van der Waals surface area contributed by atoms with Crippen molar-refractivity contribution in [3.63, 3.8) is 0 Å². The van der Waals surface area contributed by atoms with Gasteiger partial charge in [0, 0.05) is 43.0 Å². The van der Waals surface area contributed by atoms with Gasteiger partial charge in [0.2, 0.25) is 5.91 Å². The van der Waals surface area contributed by atoms with Gasteiger partial charge >= 0.3 is 0 Å². The van der Waals surface area contributed by atoms with Crippen molar-refractivity contribution in [2.24, 2.45) is 22.8 Å². The molecule has 4 rings (SSSR count). The van der Waals surface area contributed by atoms with E-state index in [0.717, 1.165) is 34.1 Å². The zero-order valence-electron chi connectivity index (χ0n) is 14.7. The molecule has 2 aliphatic heterocycles. The second-order valence-electron chi connectivity index (χ2n) is 6.91. The van der Waals surface area contributed by atoms with E-state index in [-0.39, 0.29) is 11.9 Å². The molecule has 2 aromatic rings. The van der Waals surface area contributed by atoms with Crippen LogP contribution in [0.5, 0.6) is 0 Å². The van der Waals surface area contributed by atoms with Gasteiger partial charge in [0.25, 0.3) is 0 Å². The molecule has 6 nitrogen and oxygen atoms in total. The first kappa shape index (κ1) is 15.6. The number of hydrogen-bond acceptors (Lipinski definition) is 4. The van der Waals surface area contributed by atoms with E-state index in [0.29, 0.717) is 6.42 Å². The van der Waals surface area contributed by atoms with Crippen LogP contribution in [-0.4, -0.2) is 41.1 Å². The highest BCUT2D eigenvalue weighted by Gasteiger charge is 2.36. The number of aromatic nitrogens is 1. The predicted molar refractivity (Wildman–Crippen MR) is 101 cm³/mol. The molecular weight excluding hydrogens is 314 g/mol. The van der Waals surface area contributed by atoms with E-state index in [2.05, 4.69) is 39.0 Å². The number of benzene rings is 1. The summed E-state index contributed by atoms with van der Waals surface area (Å²) >= 11 is 0. The molecule has 128 valence electrons. The van der Waals surface area contributed by atoms with E-state index in [9.17, 15) is 4.79 Å². The molecular formula is C19H21N5O. The summed E-state index contributed by atoms with van der Waals surface area (Å²) in [6.07, 6.45) is 6.47. The van der Waals surface area contributed by atoms with Gasteiger partial charge in [0.05, 0.1) is 18.5 Å². The standard InChI is InChI=1S/C19H21N5O/c1-19(9-17(25)24(3)18(20)22-19)13-4-5-16-14(8-13)15(11-23(16)2)12-6-7-21-10-12/h4-6,8,10-11H,7,9H2,1-3H3,(H2,20,22)/t19-/m0/s1. The van der Waals surface area contributed by atoms with Gasteiger partial charge in [-0.2, -0.15) is 0 Å². The molecule has 0 saturated heterocycles. The maximum Gasteiger partial charge on any atom is 0.231 e. The van der Waals surface area contributed by atoms with Crippen LogP contribution in [0.4, 0.5) is 0 Å². The number of allylic oxidation sites excluding steroid dienone is 1. The summed E-state index contributed by atoms with van der Waals surface area (Å²) in [7, 11) is 3.69. The fourth-order valence-corrected chi connectivity index (χ4v) is 3.57. The van der Waals surface area contributed by atoms with Crippen molar-refractivity contribution in [1.29, 1.82) is 0 Å². The van der Waals surface area contributed by atoms with Crippen molar-refractivity contribution in [3.05, 3.63) is 41.6 Å². The third-order valence-electron chi connectivity index (χ3n) is 5.14. The smallest absolute Gasteiger partial charge is 0.231 e. The molecule has 0 saturated carbocycles. The first-order chi connectivity index (χ1) is 11.9. The van der Waals surface area contributed by atoms with E-state index in [1.54, 1.807) is 7.05 Å². The zero-order chi connectivity index (χ0) is 17.8. The number of aliphatic imine (C=N–C) groups is 2. The normalized spacial score (nSPS) is 23.3. The van der Waals surface area contributed by atoms with Crippen LogP contribution in [0.25, 0.3) is 16.5 Å². The van der Waals surface area contributed by atoms with E-state index in [1.165, 1.54) is 4.90 Å². The SMILES string of the molecule is CN1C(=O)C[C@@](C)(c2ccc3c(c2)c(C2=CCN=C2)cn3C)N=C1N. The monoisotopic (exact) mass is 335 g/mol. The number of hydrogen-bond donors (Lipinski definition) is 1. The average molecular weight is 335 g/mol. The predicted octanol–water partition coefficient (Wildman–Crippen LogP) is 2.04. The molecule has 0 unspecified atom stereocenters. The number of carbonyl (C=O) groups excluding carboxylic acids is 1. The Hall–Kier alpha value is -2.89. The van der Waals surface area contributed by atoms with Crippen molar-refractivity contribution >= 4 is 34.6 Å². The minimum atomic E-state index is -0.646. The number of rotatable bonds is 2. The fraction of sp³-hybridized carbons (Fsp3) is 0.316. The summed E-state index contributed by atoms with van der Waals surface area (Å²) in [5, 5.41) is 1.14. The largest absolute Gasteiger partial charge is 0.369 e. The lowest BCUT2D eigenvalue weighted by Crippen LogP contribution is -2.47. The Bertz CT molecular complexity index is 981.